The van der Waals surface area contributed by atoms with Crippen molar-refractivity contribution in [1.82, 2.24) is 4.72 Å². The van der Waals surface area contributed by atoms with Gasteiger partial charge in [0.1, 0.15) is 0 Å². The van der Waals surface area contributed by atoms with Gasteiger partial charge in [-0.3, -0.25) is 0 Å². The average molecular weight is 385 g/mol. The highest BCUT2D eigenvalue weighted by Crippen LogP contribution is 2.30. The van der Waals surface area contributed by atoms with E-state index in [4.69, 9.17) is 10.00 Å². The molecule has 5 nitrogen and oxygen atoms in total. The predicted molar refractivity (Wildman–Crippen MR) is 106 cm³/mol. The Labute approximate surface area is 161 Å². The minimum atomic E-state index is -3.35. The lowest BCUT2D eigenvalue weighted by Gasteiger charge is -2.33. The highest BCUT2D eigenvalue weighted by atomic mass is 32.2. The Balaban J connectivity index is 1.80. The molecule has 1 aliphatic heterocycles. The quantitative estimate of drug-likeness (QED) is 0.857. The molecule has 2 aromatic carbocycles. The molecular weight excluding hydrogens is 360 g/mol. The van der Waals surface area contributed by atoms with E-state index < -0.39 is 15.3 Å². The Morgan fingerprint density at radius 2 is 1.67 bits per heavy atom. The van der Waals surface area contributed by atoms with Gasteiger partial charge in [-0.15, -0.1) is 0 Å². The molecule has 1 heterocycles. The van der Waals surface area contributed by atoms with Crippen molar-refractivity contribution in [3.05, 3.63) is 59.7 Å². The van der Waals surface area contributed by atoms with E-state index in [0.29, 0.717) is 18.8 Å². The minimum Gasteiger partial charge on any atom is -0.380 e. The molecule has 1 N–H and O–H groups in total. The van der Waals surface area contributed by atoms with Gasteiger partial charge >= 0.3 is 0 Å². The molecule has 0 bridgehead atoms. The summed E-state index contributed by atoms with van der Waals surface area (Å²) in [6, 6.07) is 17.5. The van der Waals surface area contributed by atoms with Crippen LogP contribution in [0.15, 0.2) is 48.5 Å². The van der Waals surface area contributed by atoms with Crippen LogP contribution in [0.4, 0.5) is 0 Å². The van der Waals surface area contributed by atoms with Gasteiger partial charge in [0, 0.05) is 12.5 Å². The second-order valence-electron chi connectivity index (χ2n) is 7.10. The average Bonchev–Trinajstić information content (AvgIpc) is 2.68. The van der Waals surface area contributed by atoms with E-state index in [9.17, 15) is 8.42 Å². The molecule has 2 aromatic rings. The van der Waals surface area contributed by atoms with Crippen molar-refractivity contribution in [2.24, 2.45) is 0 Å². The summed E-state index contributed by atoms with van der Waals surface area (Å²) in [6.07, 6.45) is 0.779. The number of sulfonamides is 1. The summed E-state index contributed by atoms with van der Waals surface area (Å²) >= 11 is 0. The second-order valence-corrected chi connectivity index (χ2v) is 9.37. The summed E-state index contributed by atoms with van der Waals surface area (Å²) in [5.74, 6) is 0.0855. The van der Waals surface area contributed by atoms with Crippen LogP contribution in [0.2, 0.25) is 0 Å². The Hall–Kier alpha value is -2.20. The van der Waals surface area contributed by atoms with Gasteiger partial charge in [0.25, 0.3) is 0 Å². The number of rotatable bonds is 5. The lowest BCUT2D eigenvalue weighted by atomic mass is 9.87. The topological polar surface area (TPSA) is 79.2 Å². The van der Waals surface area contributed by atoms with Crippen LogP contribution in [0, 0.1) is 11.3 Å². The number of nitrogens with zero attached hydrogens (tertiary/aromatic N) is 1. The molecule has 0 aliphatic carbocycles. The molecule has 1 fully saturated rings. The van der Waals surface area contributed by atoms with Crippen LogP contribution in [-0.2, 0) is 14.8 Å². The third kappa shape index (κ3) is 4.56. The molecule has 2 atom stereocenters. The molecule has 6 heteroatoms. The van der Waals surface area contributed by atoms with E-state index in [-0.39, 0.29) is 12.0 Å². The van der Waals surface area contributed by atoms with Gasteiger partial charge in [0.15, 0.2) is 0 Å². The molecule has 0 radical (unpaired) electrons. The van der Waals surface area contributed by atoms with Crippen molar-refractivity contribution < 1.29 is 13.2 Å². The van der Waals surface area contributed by atoms with Crippen LogP contribution in [-0.4, -0.2) is 32.9 Å². The first-order valence-corrected chi connectivity index (χ1v) is 10.6. The normalized spacial score (nSPS) is 20.4. The second kappa shape index (κ2) is 8.22. The van der Waals surface area contributed by atoms with Gasteiger partial charge in [-0.1, -0.05) is 36.4 Å². The summed E-state index contributed by atoms with van der Waals surface area (Å²) in [4.78, 5) is 0. The fourth-order valence-electron chi connectivity index (χ4n) is 3.26. The number of ether oxygens (including phenoxy) is 1. The molecule has 0 unspecified atom stereocenters. The molecular formula is C21H24N2O3S. The lowest BCUT2D eigenvalue weighted by Crippen LogP contribution is -2.47. The van der Waals surface area contributed by atoms with Gasteiger partial charge in [0.2, 0.25) is 10.0 Å². The Bertz CT molecular complexity index is 913. The zero-order valence-electron chi connectivity index (χ0n) is 15.6. The summed E-state index contributed by atoms with van der Waals surface area (Å²) < 4.78 is 32.9. The molecule has 3 rings (SSSR count). The zero-order chi connectivity index (χ0) is 19.4. The maximum absolute atomic E-state index is 12.3. The first-order chi connectivity index (χ1) is 12.9. The third-order valence-corrected chi connectivity index (χ3v) is 6.85. The predicted octanol–water partition coefficient (Wildman–Crippen LogP) is 3.43. The van der Waals surface area contributed by atoms with Crippen molar-refractivity contribution in [2.45, 2.75) is 37.5 Å². The number of benzene rings is 2. The van der Waals surface area contributed by atoms with Crippen molar-refractivity contribution in [3.63, 3.8) is 0 Å². The fraction of sp³-hybridized carbons (Fsp3) is 0.381. The molecule has 0 amide bonds. The van der Waals surface area contributed by atoms with E-state index in [1.807, 2.05) is 24.3 Å². The van der Waals surface area contributed by atoms with E-state index in [1.165, 1.54) is 0 Å². The standard InChI is InChI=1S/C21H24N2O3S/c1-15(2)27(24,25)23-21-14-26-12-11-20(21)19-9-7-18(8-10-19)17-5-3-16(13-22)4-6-17/h3-10,15,20-21,23H,11-12,14H2,1-2H3/t20-,21-/m1/s1. The number of nitrogens with one attached hydrogen (secondary N) is 1. The lowest BCUT2D eigenvalue weighted by molar-refractivity contribution is 0.0644. The Morgan fingerprint density at radius 1 is 1.07 bits per heavy atom. The van der Waals surface area contributed by atoms with Crippen LogP contribution in [0.25, 0.3) is 11.1 Å². The van der Waals surface area contributed by atoms with Crippen LogP contribution in [0.1, 0.15) is 37.3 Å². The van der Waals surface area contributed by atoms with Crippen molar-refractivity contribution in [3.8, 4) is 17.2 Å². The molecule has 142 valence electrons. The van der Waals surface area contributed by atoms with E-state index in [2.05, 4.69) is 22.9 Å². The molecule has 0 aromatic heterocycles. The molecule has 27 heavy (non-hydrogen) atoms. The summed E-state index contributed by atoms with van der Waals surface area (Å²) in [6.45, 7) is 4.36. The maximum atomic E-state index is 12.3. The van der Waals surface area contributed by atoms with Crippen LogP contribution < -0.4 is 4.72 Å². The molecule has 1 saturated heterocycles. The summed E-state index contributed by atoms with van der Waals surface area (Å²) in [5.41, 5.74) is 3.85. The molecule has 0 saturated carbocycles. The smallest absolute Gasteiger partial charge is 0.214 e. The monoisotopic (exact) mass is 384 g/mol. The van der Waals surface area contributed by atoms with Crippen LogP contribution in [0.3, 0.4) is 0 Å². The fourth-order valence-corrected chi connectivity index (χ4v) is 4.19. The van der Waals surface area contributed by atoms with Crippen molar-refractivity contribution >= 4 is 10.0 Å². The highest BCUT2D eigenvalue weighted by Gasteiger charge is 2.31. The molecule has 0 spiro atoms. The molecule has 1 aliphatic rings. The van der Waals surface area contributed by atoms with Crippen LogP contribution in [0.5, 0.6) is 0 Å². The van der Waals surface area contributed by atoms with Gasteiger partial charge in [-0.2, -0.15) is 5.26 Å². The number of nitriles is 1. The van der Waals surface area contributed by atoms with E-state index in [0.717, 1.165) is 23.1 Å². The van der Waals surface area contributed by atoms with Gasteiger partial charge in [-0.05, 0) is 49.1 Å². The number of hydrogen-bond acceptors (Lipinski definition) is 4. The Morgan fingerprint density at radius 3 is 2.22 bits per heavy atom. The summed E-state index contributed by atoms with van der Waals surface area (Å²) in [7, 11) is -3.35. The van der Waals surface area contributed by atoms with Gasteiger partial charge in [0.05, 0.1) is 29.5 Å². The largest absolute Gasteiger partial charge is 0.380 e. The third-order valence-electron chi connectivity index (χ3n) is 4.98. The SMILES string of the molecule is CC(C)S(=O)(=O)N[C@@H]1COCC[C@@H]1c1ccc(-c2ccc(C#N)cc2)cc1. The zero-order valence-corrected chi connectivity index (χ0v) is 16.4. The van der Waals surface area contributed by atoms with E-state index >= 15 is 0 Å². The first kappa shape index (κ1) is 19.6. The Kier molecular flexibility index (Phi) is 5.95. The van der Waals surface area contributed by atoms with Crippen molar-refractivity contribution in [1.29, 1.82) is 5.26 Å². The van der Waals surface area contributed by atoms with Gasteiger partial charge < -0.3 is 4.74 Å². The van der Waals surface area contributed by atoms with E-state index in [1.54, 1.807) is 26.0 Å². The maximum Gasteiger partial charge on any atom is 0.214 e. The van der Waals surface area contributed by atoms with Crippen LogP contribution >= 0.6 is 0 Å². The summed E-state index contributed by atoms with van der Waals surface area (Å²) in [5, 5.41) is 8.44. The van der Waals surface area contributed by atoms with Crippen molar-refractivity contribution in [2.75, 3.05) is 13.2 Å². The highest BCUT2D eigenvalue weighted by molar-refractivity contribution is 7.90. The minimum absolute atomic E-state index is 0.0855. The first-order valence-electron chi connectivity index (χ1n) is 9.10. The van der Waals surface area contributed by atoms with Gasteiger partial charge in [-0.25, -0.2) is 13.1 Å². The number of hydrogen-bond donors (Lipinski definition) is 1.